The summed E-state index contributed by atoms with van der Waals surface area (Å²) in [7, 11) is 0. The van der Waals surface area contributed by atoms with Crippen LogP contribution in [0.2, 0.25) is 0 Å². The lowest BCUT2D eigenvalue weighted by atomic mass is 10.3. The van der Waals surface area contributed by atoms with E-state index >= 15 is 0 Å². The van der Waals surface area contributed by atoms with Gasteiger partial charge >= 0.3 is 0 Å². The van der Waals surface area contributed by atoms with Crippen LogP contribution in [0.15, 0.2) is 15.6 Å². The van der Waals surface area contributed by atoms with E-state index in [2.05, 4.69) is 45.1 Å². The molecule has 0 saturated carbocycles. The predicted molar refractivity (Wildman–Crippen MR) is 68.9 cm³/mol. The van der Waals surface area contributed by atoms with E-state index in [0.29, 0.717) is 0 Å². The van der Waals surface area contributed by atoms with E-state index in [1.54, 1.807) is 0 Å². The van der Waals surface area contributed by atoms with Crippen molar-refractivity contribution >= 4 is 11.8 Å². The van der Waals surface area contributed by atoms with Crippen LogP contribution in [0.5, 0.6) is 0 Å². The van der Waals surface area contributed by atoms with Gasteiger partial charge in [-0.15, -0.1) is 0 Å². The molecule has 15 heavy (non-hydrogen) atoms. The topological polar surface area (TPSA) is 3.24 Å². The summed E-state index contributed by atoms with van der Waals surface area (Å²) in [4.78, 5) is 3.81. The van der Waals surface area contributed by atoms with Crippen molar-refractivity contribution in [1.82, 2.24) is 4.90 Å². The summed E-state index contributed by atoms with van der Waals surface area (Å²) in [5.41, 5.74) is 1.40. The molecular weight excluding hydrogens is 202 g/mol. The van der Waals surface area contributed by atoms with Crippen molar-refractivity contribution in [3.8, 4) is 0 Å². The van der Waals surface area contributed by atoms with Crippen molar-refractivity contribution in [3.05, 3.63) is 28.1 Å². The SMILES string of the molecule is CC[CH]/[C]=C1/SC(C)=C(C)N1CCCC. The third kappa shape index (κ3) is 3.30. The molecule has 0 aromatic carbocycles. The van der Waals surface area contributed by atoms with Gasteiger partial charge in [-0.05, 0) is 39.2 Å². The Labute approximate surface area is 98.6 Å². The van der Waals surface area contributed by atoms with Crippen molar-refractivity contribution in [1.29, 1.82) is 0 Å². The van der Waals surface area contributed by atoms with Crippen LogP contribution in [-0.2, 0) is 0 Å². The molecule has 2 radical (unpaired) electrons. The minimum absolute atomic E-state index is 1.06. The molecule has 0 aliphatic carbocycles. The summed E-state index contributed by atoms with van der Waals surface area (Å²) in [6.07, 6.45) is 9.07. The number of thioether (sulfide) groups is 1. The van der Waals surface area contributed by atoms with Gasteiger partial charge < -0.3 is 4.90 Å². The fraction of sp³-hybridized carbons (Fsp3) is 0.615. The van der Waals surface area contributed by atoms with E-state index in [9.17, 15) is 0 Å². The summed E-state index contributed by atoms with van der Waals surface area (Å²) >= 11 is 1.85. The van der Waals surface area contributed by atoms with Crippen molar-refractivity contribution in [2.45, 2.75) is 47.0 Å². The summed E-state index contributed by atoms with van der Waals surface area (Å²) < 4.78 is 0. The number of hydrogen-bond acceptors (Lipinski definition) is 2. The molecule has 2 heteroatoms. The second-order valence-electron chi connectivity index (χ2n) is 3.81. The first-order chi connectivity index (χ1) is 7.20. The van der Waals surface area contributed by atoms with E-state index in [-0.39, 0.29) is 0 Å². The Morgan fingerprint density at radius 1 is 1.33 bits per heavy atom. The van der Waals surface area contributed by atoms with E-state index in [1.807, 2.05) is 11.8 Å². The maximum Gasteiger partial charge on any atom is 0.0835 e. The Balaban J connectivity index is 2.66. The van der Waals surface area contributed by atoms with Gasteiger partial charge in [0.15, 0.2) is 0 Å². The molecule has 0 unspecified atom stereocenters. The second kappa shape index (κ2) is 6.26. The van der Waals surface area contributed by atoms with Crippen LogP contribution in [0.4, 0.5) is 0 Å². The maximum absolute atomic E-state index is 3.39. The van der Waals surface area contributed by atoms with Crippen LogP contribution in [-0.4, -0.2) is 11.4 Å². The Hall–Kier alpha value is -0.370. The normalized spacial score (nSPS) is 19.5. The van der Waals surface area contributed by atoms with Gasteiger partial charge in [-0.3, -0.25) is 0 Å². The Bertz CT molecular complexity index is 266. The highest BCUT2D eigenvalue weighted by atomic mass is 32.2. The van der Waals surface area contributed by atoms with Gasteiger partial charge in [0, 0.05) is 17.1 Å². The molecule has 0 aromatic heterocycles. The first-order valence-electron chi connectivity index (χ1n) is 5.78. The molecule has 0 bridgehead atoms. The van der Waals surface area contributed by atoms with Crippen molar-refractivity contribution in [3.63, 3.8) is 0 Å². The molecule has 1 nitrogen and oxygen atoms in total. The lowest BCUT2D eigenvalue weighted by molar-refractivity contribution is 0.443. The third-order valence-corrected chi connectivity index (χ3v) is 3.71. The minimum Gasteiger partial charge on any atom is -0.339 e. The second-order valence-corrected chi connectivity index (χ2v) is 5.01. The van der Waals surface area contributed by atoms with Crippen LogP contribution in [0.1, 0.15) is 47.0 Å². The van der Waals surface area contributed by atoms with Crippen molar-refractivity contribution < 1.29 is 0 Å². The predicted octanol–water partition coefficient (Wildman–Crippen LogP) is 4.35. The minimum atomic E-state index is 1.06. The van der Waals surface area contributed by atoms with Crippen molar-refractivity contribution in [2.24, 2.45) is 0 Å². The summed E-state index contributed by atoms with van der Waals surface area (Å²) in [5.74, 6) is 0. The molecule has 0 N–H and O–H groups in total. The van der Waals surface area contributed by atoms with Crippen LogP contribution >= 0.6 is 11.8 Å². The molecular formula is C13H21NS. The van der Waals surface area contributed by atoms with Crippen molar-refractivity contribution in [2.75, 3.05) is 6.54 Å². The quantitative estimate of drug-likeness (QED) is 0.682. The highest BCUT2D eigenvalue weighted by Gasteiger charge is 2.21. The van der Waals surface area contributed by atoms with Crippen LogP contribution < -0.4 is 0 Å². The standard InChI is InChI=1S/C13H21NS/c1-5-7-9-13-14(10-8-6-2)11(3)12(4)15-13/h7H,5-6,8,10H2,1-4H3. The van der Waals surface area contributed by atoms with Crippen LogP contribution in [0, 0.1) is 12.5 Å². The summed E-state index contributed by atoms with van der Waals surface area (Å²) in [5, 5.41) is 1.28. The van der Waals surface area contributed by atoms with Gasteiger partial charge in [0.05, 0.1) is 5.03 Å². The first-order valence-corrected chi connectivity index (χ1v) is 6.60. The average molecular weight is 223 g/mol. The molecule has 0 fully saturated rings. The van der Waals surface area contributed by atoms with Gasteiger partial charge in [-0.2, -0.15) is 0 Å². The number of hydrogen-bond donors (Lipinski definition) is 0. The Morgan fingerprint density at radius 3 is 2.67 bits per heavy atom. The highest BCUT2D eigenvalue weighted by Crippen LogP contribution is 2.40. The lowest BCUT2D eigenvalue weighted by Gasteiger charge is -2.20. The zero-order valence-corrected chi connectivity index (χ0v) is 11.1. The number of allylic oxidation sites excluding steroid dienone is 3. The fourth-order valence-corrected chi connectivity index (χ4v) is 2.53. The van der Waals surface area contributed by atoms with Crippen LogP contribution in [0.3, 0.4) is 0 Å². The van der Waals surface area contributed by atoms with Crippen LogP contribution in [0.25, 0.3) is 0 Å². The highest BCUT2D eigenvalue weighted by molar-refractivity contribution is 8.06. The fourth-order valence-electron chi connectivity index (χ4n) is 1.50. The van der Waals surface area contributed by atoms with Gasteiger partial charge in [0.1, 0.15) is 0 Å². The Morgan fingerprint density at radius 2 is 2.07 bits per heavy atom. The number of nitrogens with zero attached hydrogens (tertiary/aromatic N) is 1. The number of unbranched alkanes of at least 4 members (excludes halogenated alkanes) is 2. The van der Waals surface area contributed by atoms with Gasteiger partial charge in [0.25, 0.3) is 0 Å². The van der Waals surface area contributed by atoms with E-state index in [4.69, 9.17) is 0 Å². The first kappa shape index (κ1) is 12.7. The van der Waals surface area contributed by atoms with Gasteiger partial charge in [-0.1, -0.05) is 32.0 Å². The molecule has 0 atom stereocenters. The molecule has 1 heterocycles. The third-order valence-electron chi connectivity index (χ3n) is 2.57. The largest absolute Gasteiger partial charge is 0.339 e. The average Bonchev–Trinajstić information content (AvgIpc) is 2.50. The smallest absolute Gasteiger partial charge is 0.0835 e. The van der Waals surface area contributed by atoms with E-state index in [1.165, 1.54) is 28.5 Å². The molecule has 0 spiro atoms. The summed E-state index contributed by atoms with van der Waals surface area (Å²) in [6.45, 7) is 9.92. The lowest BCUT2D eigenvalue weighted by Crippen LogP contribution is -2.17. The van der Waals surface area contributed by atoms with Gasteiger partial charge in [-0.25, -0.2) is 0 Å². The van der Waals surface area contributed by atoms with E-state index in [0.717, 1.165) is 13.0 Å². The molecule has 1 aliphatic rings. The molecule has 1 aliphatic heterocycles. The zero-order valence-electron chi connectivity index (χ0n) is 10.3. The summed E-state index contributed by atoms with van der Waals surface area (Å²) in [6, 6.07) is 0. The maximum atomic E-state index is 3.39. The zero-order chi connectivity index (χ0) is 11.3. The van der Waals surface area contributed by atoms with E-state index < -0.39 is 0 Å². The molecule has 0 aromatic rings. The molecule has 0 saturated heterocycles. The van der Waals surface area contributed by atoms with Gasteiger partial charge in [0.2, 0.25) is 0 Å². The monoisotopic (exact) mass is 223 g/mol. The Kier molecular flexibility index (Phi) is 5.30. The molecule has 0 amide bonds. The number of rotatable bonds is 5. The molecule has 84 valence electrons. The molecule has 1 rings (SSSR count).